The Morgan fingerprint density at radius 3 is 2.45 bits per heavy atom. The van der Waals surface area contributed by atoms with Crippen LogP contribution in [0.4, 0.5) is 0 Å². The highest BCUT2D eigenvalue weighted by Crippen LogP contribution is 2.30. The van der Waals surface area contributed by atoms with Gasteiger partial charge in [0.1, 0.15) is 5.69 Å². The number of nitrogens with two attached hydrogens (primary N) is 1. The number of nitrogens with one attached hydrogen (secondary N) is 1. The van der Waals surface area contributed by atoms with Crippen molar-refractivity contribution in [1.29, 1.82) is 0 Å². The molecule has 0 saturated carbocycles. The molecule has 1 unspecified atom stereocenters. The minimum Gasteiger partial charge on any atom is -0.493 e. The van der Waals surface area contributed by atoms with E-state index in [0.29, 0.717) is 22.9 Å². The second-order valence-corrected chi connectivity index (χ2v) is 4.25. The number of rotatable bonds is 4. The minimum absolute atomic E-state index is 0.203. The van der Waals surface area contributed by atoms with Gasteiger partial charge in [0.15, 0.2) is 17.3 Å². The monoisotopic (exact) mass is 276 g/mol. The van der Waals surface area contributed by atoms with Crippen molar-refractivity contribution >= 4 is 0 Å². The largest absolute Gasteiger partial charge is 0.493 e. The van der Waals surface area contributed by atoms with Crippen molar-refractivity contribution in [3.8, 4) is 22.9 Å². The van der Waals surface area contributed by atoms with Crippen LogP contribution >= 0.6 is 0 Å². The summed E-state index contributed by atoms with van der Waals surface area (Å²) in [5.74, 6) is 1.49. The highest BCUT2D eigenvalue weighted by Gasteiger charge is 2.12. The normalized spacial score (nSPS) is 12.0. The van der Waals surface area contributed by atoms with E-state index in [0.717, 1.165) is 0 Å². The summed E-state index contributed by atoms with van der Waals surface area (Å²) in [5.41, 5.74) is 6.15. The van der Waals surface area contributed by atoms with Gasteiger partial charge in [-0.25, -0.2) is 0 Å². The summed E-state index contributed by atoms with van der Waals surface area (Å²) in [4.78, 5) is 14.5. The van der Waals surface area contributed by atoms with Gasteiger partial charge in [0.2, 0.25) is 0 Å². The number of hydrogen-bond acceptors (Lipinski definition) is 6. The number of hydrogen-bond donors (Lipinski definition) is 2. The van der Waals surface area contributed by atoms with Crippen molar-refractivity contribution in [3.05, 3.63) is 34.2 Å². The summed E-state index contributed by atoms with van der Waals surface area (Å²) >= 11 is 0. The number of nitrogens with zero attached hydrogens (tertiary/aromatic N) is 2. The zero-order chi connectivity index (χ0) is 14.7. The summed E-state index contributed by atoms with van der Waals surface area (Å²) in [7, 11) is 3.09. The molecule has 0 fully saturated rings. The van der Waals surface area contributed by atoms with Crippen LogP contribution < -0.4 is 20.8 Å². The zero-order valence-corrected chi connectivity index (χ0v) is 11.5. The maximum atomic E-state index is 11.8. The first kappa shape index (κ1) is 14.0. The van der Waals surface area contributed by atoms with E-state index in [1.807, 2.05) is 0 Å². The van der Waals surface area contributed by atoms with Crippen LogP contribution in [-0.4, -0.2) is 29.4 Å². The van der Waals surface area contributed by atoms with Crippen molar-refractivity contribution in [3.63, 3.8) is 0 Å². The molecule has 7 heteroatoms. The van der Waals surface area contributed by atoms with Gasteiger partial charge < -0.3 is 20.2 Å². The van der Waals surface area contributed by atoms with E-state index in [-0.39, 0.29) is 11.3 Å². The van der Waals surface area contributed by atoms with E-state index < -0.39 is 6.04 Å². The van der Waals surface area contributed by atoms with Crippen LogP contribution in [0, 0.1) is 0 Å². The fraction of sp³-hybridized carbons (Fsp3) is 0.308. The molecule has 2 aromatic rings. The molecule has 0 aliphatic rings. The fourth-order valence-electron chi connectivity index (χ4n) is 1.76. The third-order valence-electron chi connectivity index (χ3n) is 2.81. The molecule has 0 aliphatic heterocycles. The predicted molar refractivity (Wildman–Crippen MR) is 73.8 cm³/mol. The maximum Gasteiger partial charge on any atom is 0.274 e. The Morgan fingerprint density at radius 1 is 1.20 bits per heavy atom. The molecule has 0 bridgehead atoms. The molecule has 0 aliphatic carbocycles. The first-order chi connectivity index (χ1) is 9.56. The van der Waals surface area contributed by atoms with E-state index in [4.69, 9.17) is 15.2 Å². The number of aromatic amines is 1. The van der Waals surface area contributed by atoms with E-state index in [1.54, 1.807) is 32.2 Å². The van der Waals surface area contributed by atoms with Crippen LogP contribution in [0.1, 0.15) is 18.7 Å². The molecule has 106 valence electrons. The molecule has 1 heterocycles. The lowest BCUT2D eigenvalue weighted by Crippen LogP contribution is -2.23. The Kier molecular flexibility index (Phi) is 3.99. The molecular formula is C13H16N4O3. The SMILES string of the molecule is COc1ccc(-c2nnc(C(C)N)c(=O)[nH]2)cc1OC. The quantitative estimate of drug-likeness (QED) is 0.858. The second kappa shape index (κ2) is 5.70. The summed E-state index contributed by atoms with van der Waals surface area (Å²) in [6, 6.07) is 4.73. The molecule has 1 atom stereocenters. The molecule has 0 radical (unpaired) electrons. The average molecular weight is 276 g/mol. The van der Waals surface area contributed by atoms with Crippen LogP contribution in [-0.2, 0) is 0 Å². The first-order valence-corrected chi connectivity index (χ1v) is 6.01. The minimum atomic E-state index is -0.467. The van der Waals surface area contributed by atoms with E-state index in [9.17, 15) is 4.79 Å². The van der Waals surface area contributed by atoms with Crippen LogP contribution in [0.2, 0.25) is 0 Å². The molecule has 20 heavy (non-hydrogen) atoms. The summed E-state index contributed by atoms with van der Waals surface area (Å²) in [6.07, 6.45) is 0. The second-order valence-electron chi connectivity index (χ2n) is 4.25. The van der Waals surface area contributed by atoms with Crippen molar-refractivity contribution in [2.45, 2.75) is 13.0 Å². The molecular weight excluding hydrogens is 260 g/mol. The lowest BCUT2D eigenvalue weighted by atomic mass is 10.2. The van der Waals surface area contributed by atoms with Gasteiger partial charge in [-0.05, 0) is 25.1 Å². The first-order valence-electron chi connectivity index (χ1n) is 6.01. The van der Waals surface area contributed by atoms with Gasteiger partial charge in [-0.2, -0.15) is 0 Å². The molecule has 3 N–H and O–H groups in total. The summed E-state index contributed by atoms with van der Waals surface area (Å²) in [6.45, 7) is 1.68. The number of aromatic nitrogens is 3. The van der Waals surface area contributed by atoms with Gasteiger partial charge in [0.05, 0.1) is 20.3 Å². The van der Waals surface area contributed by atoms with Crippen LogP contribution in [0.25, 0.3) is 11.4 Å². The van der Waals surface area contributed by atoms with Gasteiger partial charge in [-0.15, -0.1) is 10.2 Å². The topological polar surface area (TPSA) is 103 Å². The van der Waals surface area contributed by atoms with Gasteiger partial charge >= 0.3 is 0 Å². The molecule has 0 spiro atoms. The Balaban J connectivity index is 2.47. The average Bonchev–Trinajstić information content (AvgIpc) is 2.45. The van der Waals surface area contributed by atoms with E-state index in [1.165, 1.54) is 7.11 Å². The van der Waals surface area contributed by atoms with Crippen LogP contribution in [0.5, 0.6) is 11.5 Å². The Morgan fingerprint density at radius 2 is 1.90 bits per heavy atom. The smallest absolute Gasteiger partial charge is 0.274 e. The zero-order valence-electron chi connectivity index (χ0n) is 11.5. The van der Waals surface area contributed by atoms with Crippen molar-refractivity contribution in [2.75, 3.05) is 14.2 Å². The summed E-state index contributed by atoms with van der Waals surface area (Å²) < 4.78 is 10.4. The van der Waals surface area contributed by atoms with Gasteiger partial charge in [-0.1, -0.05) is 0 Å². The highest BCUT2D eigenvalue weighted by molar-refractivity contribution is 5.60. The highest BCUT2D eigenvalue weighted by atomic mass is 16.5. The fourth-order valence-corrected chi connectivity index (χ4v) is 1.76. The van der Waals surface area contributed by atoms with Crippen LogP contribution in [0.15, 0.2) is 23.0 Å². The van der Waals surface area contributed by atoms with E-state index in [2.05, 4.69) is 15.2 Å². The standard InChI is InChI=1S/C13H16N4O3/c1-7(14)11-13(18)15-12(17-16-11)8-4-5-9(19-2)10(6-8)20-3/h4-7H,14H2,1-3H3,(H,15,17,18). The predicted octanol–water partition coefficient (Wildman–Crippen LogP) is 0.869. The maximum absolute atomic E-state index is 11.8. The molecule has 1 aromatic heterocycles. The van der Waals surface area contributed by atoms with Gasteiger partial charge in [0.25, 0.3) is 5.56 Å². The van der Waals surface area contributed by atoms with Crippen LogP contribution in [0.3, 0.4) is 0 Å². The molecule has 7 nitrogen and oxygen atoms in total. The Bertz CT molecular complexity index is 667. The Labute approximate surface area is 115 Å². The lowest BCUT2D eigenvalue weighted by Gasteiger charge is -2.09. The van der Waals surface area contributed by atoms with Gasteiger partial charge in [-0.3, -0.25) is 4.79 Å². The van der Waals surface area contributed by atoms with Crippen molar-refractivity contribution < 1.29 is 9.47 Å². The van der Waals surface area contributed by atoms with Crippen molar-refractivity contribution in [2.24, 2.45) is 5.73 Å². The van der Waals surface area contributed by atoms with E-state index >= 15 is 0 Å². The lowest BCUT2D eigenvalue weighted by molar-refractivity contribution is 0.355. The molecule has 2 rings (SSSR count). The number of methoxy groups -OCH3 is 2. The molecule has 1 aromatic carbocycles. The Hall–Kier alpha value is -2.41. The third-order valence-corrected chi connectivity index (χ3v) is 2.81. The summed E-state index contributed by atoms with van der Waals surface area (Å²) in [5, 5.41) is 7.84. The molecule has 0 amide bonds. The van der Waals surface area contributed by atoms with Crippen molar-refractivity contribution in [1.82, 2.24) is 15.2 Å². The number of benzene rings is 1. The molecule has 0 saturated heterocycles. The number of ether oxygens (including phenoxy) is 2. The van der Waals surface area contributed by atoms with Gasteiger partial charge in [0, 0.05) is 5.56 Å². The number of H-pyrrole nitrogens is 1. The third kappa shape index (κ3) is 2.62.